The summed E-state index contributed by atoms with van der Waals surface area (Å²) in [4.78, 5) is 34.3. The van der Waals surface area contributed by atoms with Gasteiger partial charge in [0.05, 0.1) is 18.8 Å². The van der Waals surface area contributed by atoms with E-state index in [9.17, 15) is 9.59 Å². The lowest BCUT2D eigenvalue weighted by molar-refractivity contribution is -0.114. The number of hydrogen-bond acceptors (Lipinski definition) is 6. The molecule has 1 aromatic heterocycles. The summed E-state index contributed by atoms with van der Waals surface area (Å²) < 4.78 is 0. The summed E-state index contributed by atoms with van der Waals surface area (Å²) in [6, 6.07) is 7.05. The molecule has 0 radical (unpaired) electrons. The molecule has 0 spiro atoms. The van der Waals surface area contributed by atoms with Gasteiger partial charge < -0.3 is 26.0 Å². The monoisotopic (exact) mass is 398 g/mol. The number of urea groups is 1. The van der Waals surface area contributed by atoms with E-state index >= 15 is 0 Å². The van der Waals surface area contributed by atoms with Crippen LogP contribution in [0.4, 0.5) is 16.4 Å². The molecule has 0 fully saturated rings. The molecule has 1 aromatic carbocycles. The van der Waals surface area contributed by atoms with Gasteiger partial charge in [-0.25, -0.2) is 14.8 Å². The molecule has 9 nitrogen and oxygen atoms in total. The van der Waals surface area contributed by atoms with Gasteiger partial charge in [0.1, 0.15) is 0 Å². The van der Waals surface area contributed by atoms with Crippen molar-refractivity contribution < 1.29 is 14.7 Å². The third kappa shape index (κ3) is 5.64. The van der Waals surface area contributed by atoms with Crippen molar-refractivity contribution in [2.75, 3.05) is 23.8 Å². The van der Waals surface area contributed by atoms with Crippen molar-refractivity contribution in [3.05, 3.63) is 47.3 Å². The fourth-order valence-corrected chi connectivity index (χ4v) is 3.06. The number of aromatic nitrogens is 2. The lowest BCUT2D eigenvalue weighted by Crippen LogP contribution is -2.42. The summed E-state index contributed by atoms with van der Waals surface area (Å²) in [5.41, 5.74) is 3.43. The Bertz CT molecular complexity index is 888. The van der Waals surface area contributed by atoms with Crippen molar-refractivity contribution in [2.45, 2.75) is 39.4 Å². The number of carbonyl (C=O) groups is 2. The average molecular weight is 398 g/mol. The Labute approximate surface area is 169 Å². The van der Waals surface area contributed by atoms with Crippen LogP contribution in [0.5, 0.6) is 0 Å². The molecule has 154 valence electrons. The van der Waals surface area contributed by atoms with Crippen LogP contribution in [0.1, 0.15) is 30.7 Å². The van der Waals surface area contributed by atoms with Crippen molar-refractivity contribution >= 4 is 23.6 Å². The zero-order chi connectivity index (χ0) is 20.8. The molecule has 2 aromatic rings. The van der Waals surface area contributed by atoms with E-state index in [1.807, 2.05) is 25.1 Å². The number of amides is 3. The first kappa shape index (κ1) is 20.5. The van der Waals surface area contributed by atoms with E-state index in [0.29, 0.717) is 37.7 Å². The van der Waals surface area contributed by atoms with Crippen LogP contribution in [0.15, 0.2) is 30.5 Å². The normalized spacial score (nSPS) is 14.0. The minimum atomic E-state index is -0.169. The van der Waals surface area contributed by atoms with E-state index in [1.165, 1.54) is 6.92 Å². The highest BCUT2D eigenvalue weighted by molar-refractivity contribution is 5.88. The van der Waals surface area contributed by atoms with Crippen molar-refractivity contribution in [1.82, 2.24) is 20.2 Å². The fourth-order valence-electron chi connectivity index (χ4n) is 3.06. The smallest absolute Gasteiger partial charge is 0.318 e. The minimum absolute atomic E-state index is 0.0158. The van der Waals surface area contributed by atoms with E-state index < -0.39 is 0 Å². The van der Waals surface area contributed by atoms with Gasteiger partial charge in [0.25, 0.3) is 0 Å². The zero-order valence-electron chi connectivity index (χ0n) is 16.6. The Balaban J connectivity index is 1.59. The SMILES string of the molecule is CC(=O)Nc1cccc(CNC(=O)N2CCc3cnc(NC(C)CO)nc3C2)c1. The van der Waals surface area contributed by atoms with E-state index in [1.54, 1.807) is 17.2 Å². The lowest BCUT2D eigenvalue weighted by Gasteiger charge is -2.28. The molecule has 9 heteroatoms. The molecule has 1 unspecified atom stereocenters. The number of fused-ring (bicyclic) bond motifs is 1. The van der Waals surface area contributed by atoms with Crippen LogP contribution in [0.2, 0.25) is 0 Å². The molecule has 2 heterocycles. The van der Waals surface area contributed by atoms with Crippen molar-refractivity contribution in [2.24, 2.45) is 0 Å². The van der Waals surface area contributed by atoms with Gasteiger partial charge >= 0.3 is 6.03 Å². The quantitative estimate of drug-likeness (QED) is 0.585. The number of nitrogens with one attached hydrogen (secondary N) is 3. The second-order valence-corrected chi connectivity index (χ2v) is 7.11. The Hall–Kier alpha value is -3.20. The summed E-state index contributed by atoms with van der Waals surface area (Å²) in [7, 11) is 0. The number of rotatable bonds is 6. The van der Waals surface area contributed by atoms with Crippen LogP contribution in [-0.4, -0.2) is 51.1 Å². The Kier molecular flexibility index (Phi) is 6.61. The number of anilines is 2. The highest BCUT2D eigenvalue weighted by Gasteiger charge is 2.22. The Morgan fingerprint density at radius 2 is 2.17 bits per heavy atom. The minimum Gasteiger partial charge on any atom is -0.394 e. The first-order valence-electron chi connectivity index (χ1n) is 9.56. The largest absolute Gasteiger partial charge is 0.394 e. The molecular formula is C20H26N6O3. The molecule has 3 amide bonds. The van der Waals surface area contributed by atoms with Crippen LogP contribution in [0.25, 0.3) is 0 Å². The zero-order valence-corrected chi connectivity index (χ0v) is 16.6. The molecule has 1 atom stereocenters. The second kappa shape index (κ2) is 9.33. The number of carbonyl (C=O) groups excluding carboxylic acids is 2. The summed E-state index contributed by atoms with van der Waals surface area (Å²) in [6.07, 6.45) is 2.47. The highest BCUT2D eigenvalue weighted by atomic mass is 16.3. The van der Waals surface area contributed by atoms with Crippen molar-refractivity contribution in [3.63, 3.8) is 0 Å². The molecule has 0 saturated heterocycles. The number of benzene rings is 1. The lowest BCUT2D eigenvalue weighted by atomic mass is 10.1. The third-order valence-corrected chi connectivity index (χ3v) is 4.57. The molecular weight excluding hydrogens is 372 g/mol. The van der Waals surface area contributed by atoms with E-state index in [2.05, 4.69) is 25.9 Å². The number of aliphatic hydroxyl groups excluding tert-OH is 1. The Morgan fingerprint density at radius 3 is 2.93 bits per heavy atom. The highest BCUT2D eigenvalue weighted by Crippen LogP contribution is 2.18. The van der Waals surface area contributed by atoms with Gasteiger partial charge in [0.15, 0.2) is 0 Å². The molecule has 4 N–H and O–H groups in total. The molecule has 1 aliphatic rings. The van der Waals surface area contributed by atoms with E-state index in [-0.39, 0.29) is 24.6 Å². The maximum atomic E-state index is 12.6. The standard InChI is InChI=1S/C20H26N6O3/c1-13(12-27)23-19-21-10-16-6-7-26(11-18(16)25-19)20(29)22-9-15-4-3-5-17(8-15)24-14(2)28/h3-5,8,10,13,27H,6-7,9,11-12H2,1-2H3,(H,22,29)(H,24,28)(H,21,23,25). The number of hydrogen-bond donors (Lipinski definition) is 4. The Morgan fingerprint density at radius 1 is 1.34 bits per heavy atom. The molecule has 29 heavy (non-hydrogen) atoms. The second-order valence-electron chi connectivity index (χ2n) is 7.11. The van der Waals surface area contributed by atoms with Crippen molar-refractivity contribution in [3.8, 4) is 0 Å². The number of aliphatic hydroxyl groups is 1. The molecule has 0 bridgehead atoms. The van der Waals surface area contributed by atoms with Gasteiger partial charge in [-0.05, 0) is 36.6 Å². The van der Waals surface area contributed by atoms with Gasteiger partial charge in [-0.15, -0.1) is 0 Å². The van der Waals surface area contributed by atoms with Crippen LogP contribution in [-0.2, 0) is 24.3 Å². The summed E-state index contributed by atoms with van der Waals surface area (Å²) in [6.45, 7) is 4.63. The summed E-state index contributed by atoms with van der Waals surface area (Å²) >= 11 is 0. The molecule has 3 rings (SSSR count). The number of nitrogens with zero attached hydrogens (tertiary/aromatic N) is 3. The predicted octanol–water partition coefficient (Wildman–Crippen LogP) is 1.50. The average Bonchev–Trinajstić information content (AvgIpc) is 2.71. The van der Waals surface area contributed by atoms with Gasteiger partial charge in [-0.1, -0.05) is 12.1 Å². The summed E-state index contributed by atoms with van der Waals surface area (Å²) in [5.74, 6) is 0.310. The first-order valence-corrected chi connectivity index (χ1v) is 9.56. The van der Waals surface area contributed by atoms with Gasteiger partial charge in [0, 0.05) is 37.9 Å². The van der Waals surface area contributed by atoms with Crippen LogP contribution < -0.4 is 16.0 Å². The van der Waals surface area contributed by atoms with Crippen LogP contribution >= 0.6 is 0 Å². The van der Waals surface area contributed by atoms with Gasteiger partial charge in [-0.2, -0.15) is 0 Å². The third-order valence-electron chi connectivity index (χ3n) is 4.57. The maximum absolute atomic E-state index is 12.6. The van der Waals surface area contributed by atoms with Crippen LogP contribution in [0.3, 0.4) is 0 Å². The predicted molar refractivity (Wildman–Crippen MR) is 109 cm³/mol. The van der Waals surface area contributed by atoms with Gasteiger partial charge in [-0.3, -0.25) is 4.79 Å². The molecule has 0 aliphatic carbocycles. The summed E-state index contributed by atoms with van der Waals surface area (Å²) in [5, 5.41) is 17.8. The maximum Gasteiger partial charge on any atom is 0.318 e. The topological polar surface area (TPSA) is 119 Å². The van der Waals surface area contributed by atoms with E-state index in [0.717, 1.165) is 16.8 Å². The molecule has 1 aliphatic heterocycles. The molecule has 0 saturated carbocycles. The van der Waals surface area contributed by atoms with E-state index in [4.69, 9.17) is 5.11 Å². The van der Waals surface area contributed by atoms with Crippen molar-refractivity contribution in [1.29, 1.82) is 0 Å². The first-order chi connectivity index (χ1) is 13.9. The van der Waals surface area contributed by atoms with Gasteiger partial charge in [0.2, 0.25) is 11.9 Å². The fraction of sp³-hybridized carbons (Fsp3) is 0.400. The van der Waals surface area contributed by atoms with Crippen LogP contribution in [0, 0.1) is 0 Å².